The van der Waals surface area contributed by atoms with Gasteiger partial charge >= 0.3 is 6.09 Å². The van der Waals surface area contributed by atoms with Crippen LogP contribution in [-0.4, -0.2) is 30.7 Å². The molecule has 0 aromatic heterocycles. The van der Waals surface area contributed by atoms with Crippen molar-refractivity contribution in [3.63, 3.8) is 0 Å². The highest BCUT2D eigenvalue weighted by Gasteiger charge is 2.13. The van der Waals surface area contributed by atoms with Crippen LogP contribution in [0.2, 0.25) is 0 Å². The van der Waals surface area contributed by atoms with E-state index in [0.29, 0.717) is 6.61 Å². The predicted octanol–water partition coefficient (Wildman–Crippen LogP) is 5.78. The zero-order valence-corrected chi connectivity index (χ0v) is 14.7. The van der Waals surface area contributed by atoms with E-state index in [-0.39, 0.29) is 6.09 Å². The van der Waals surface area contributed by atoms with Gasteiger partial charge in [0.2, 0.25) is 0 Å². The van der Waals surface area contributed by atoms with Crippen molar-refractivity contribution in [1.82, 2.24) is 4.90 Å². The summed E-state index contributed by atoms with van der Waals surface area (Å²) in [4.78, 5) is 14.0. The Kier molecular flexibility index (Phi) is 15.1. The molecule has 0 rings (SSSR count). The fourth-order valence-electron chi connectivity index (χ4n) is 2.39. The molecular weight excluding hydrogens is 262 g/mol. The molecule has 0 heterocycles. The number of hydrogen-bond donors (Lipinski definition) is 0. The number of rotatable bonds is 14. The molecule has 0 spiro atoms. The number of carbonyl (C=O) groups excluding carboxylic acids is 1. The van der Waals surface area contributed by atoms with Gasteiger partial charge in [-0.15, -0.1) is 0 Å². The Morgan fingerprint density at radius 3 is 1.62 bits per heavy atom. The molecule has 0 aliphatic rings. The molecule has 0 bridgehead atoms. The van der Waals surface area contributed by atoms with Gasteiger partial charge in [0.25, 0.3) is 0 Å². The van der Waals surface area contributed by atoms with E-state index >= 15 is 0 Å². The van der Waals surface area contributed by atoms with Crippen molar-refractivity contribution in [2.45, 2.75) is 91.4 Å². The predicted molar refractivity (Wildman–Crippen MR) is 90.7 cm³/mol. The van der Waals surface area contributed by atoms with Gasteiger partial charge in [-0.2, -0.15) is 0 Å². The molecule has 0 radical (unpaired) electrons. The molecule has 1 amide bonds. The molecule has 3 heteroatoms. The van der Waals surface area contributed by atoms with E-state index in [9.17, 15) is 4.79 Å². The highest BCUT2D eigenvalue weighted by Crippen LogP contribution is 2.08. The Hall–Kier alpha value is -0.730. The van der Waals surface area contributed by atoms with Crippen LogP contribution in [0.15, 0.2) is 0 Å². The van der Waals surface area contributed by atoms with Crippen LogP contribution in [0.25, 0.3) is 0 Å². The lowest BCUT2D eigenvalue weighted by Crippen LogP contribution is -2.33. The summed E-state index contributed by atoms with van der Waals surface area (Å²) in [6.45, 7) is 8.75. The summed E-state index contributed by atoms with van der Waals surface area (Å²) in [5, 5.41) is 0. The molecule has 126 valence electrons. The van der Waals surface area contributed by atoms with Crippen molar-refractivity contribution in [2.75, 3.05) is 19.7 Å². The second kappa shape index (κ2) is 15.7. The highest BCUT2D eigenvalue weighted by molar-refractivity contribution is 5.67. The molecule has 0 saturated heterocycles. The fourth-order valence-corrected chi connectivity index (χ4v) is 2.39. The van der Waals surface area contributed by atoms with Gasteiger partial charge in [-0.05, 0) is 19.3 Å². The van der Waals surface area contributed by atoms with Gasteiger partial charge in [-0.25, -0.2) is 4.79 Å². The first-order valence-electron chi connectivity index (χ1n) is 9.17. The smallest absolute Gasteiger partial charge is 0.409 e. The summed E-state index contributed by atoms with van der Waals surface area (Å²) in [5.74, 6) is 0. The lowest BCUT2D eigenvalue weighted by Gasteiger charge is -2.22. The molecule has 0 aliphatic heterocycles. The van der Waals surface area contributed by atoms with Crippen LogP contribution in [0, 0.1) is 0 Å². The number of hydrogen-bond acceptors (Lipinski definition) is 2. The number of nitrogens with zero attached hydrogens (tertiary/aromatic N) is 1. The summed E-state index contributed by atoms with van der Waals surface area (Å²) in [6.07, 6.45) is 13.1. The Morgan fingerprint density at radius 2 is 1.19 bits per heavy atom. The second-order valence-corrected chi connectivity index (χ2v) is 5.93. The number of ether oxygens (including phenoxy) is 1. The first-order valence-corrected chi connectivity index (χ1v) is 9.17. The minimum absolute atomic E-state index is 0.108. The van der Waals surface area contributed by atoms with E-state index in [0.717, 1.165) is 32.4 Å². The summed E-state index contributed by atoms with van der Waals surface area (Å²) < 4.78 is 5.30. The van der Waals surface area contributed by atoms with Crippen molar-refractivity contribution < 1.29 is 9.53 Å². The van der Waals surface area contributed by atoms with Crippen LogP contribution >= 0.6 is 0 Å². The third kappa shape index (κ3) is 12.7. The third-order valence-corrected chi connectivity index (χ3v) is 3.75. The fraction of sp³-hybridized carbons (Fsp3) is 0.944. The van der Waals surface area contributed by atoms with Crippen LogP contribution in [0.1, 0.15) is 91.4 Å². The van der Waals surface area contributed by atoms with Crippen molar-refractivity contribution in [3.8, 4) is 0 Å². The second-order valence-electron chi connectivity index (χ2n) is 5.93. The molecular formula is C18H37NO2. The lowest BCUT2D eigenvalue weighted by molar-refractivity contribution is 0.101. The molecule has 0 aromatic rings. The summed E-state index contributed by atoms with van der Waals surface area (Å²) in [6, 6.07) is 0. The Labute approximate surface area is 132 Å². The maximum absolute atomic E-state index is 12.0. The van der Waals surface area contributed by atoms with Gasteiger partial charge in [0.15, 0.2) is 0 Å². The Balaban J connectivity index is 3.93. The molecule has 0 unspecified atom stereocenters. The Morgan fingerprint density at radius 1 is 0.714 bits per heavy atom. The normalized spacial score (nSPS) is 10.6. The first-order chi connectivity index (χ1) is 10.3. The summed E-state index contributed by atoms with van der Waals surface area (Å²) >= 11 is 0. The van der Waals surface area contributed by atoms with Gasteiger partial charge in [0.1, 0.15) is 0 Å². The van der Waals surface area contributed by atoms with E-state index in [1.165, 1.54) is 51.4 Å². The minimum Gasteiger partial charge on any atom is -0.449 e. The molecule has 21 heavy (non-hydrogen) atoms. The van der Waals surface area contributed by atoms with E-state index in [2.05, 4.69) is 13.8 Å². The summed E-state index contributed by atoms with van der Waals surface area (Å²) in [7, 11) is 0. The topological polar surface area (TPSA) is 29.5 Å². The molecule has 0 N–H and O–H groups in total. The largest absolute Gasteiger partial charge is 0.449 e. The van der Waals surface area contributed by atoms with Crippen molar-refractivity contribution in [1.29, 1.82) is 0 Å². The molecule has 0 fully saturated rings. The van der Waals surface area contributed by atoms with Gasteiger partial charge in [0, 0.05) is 13.1 Å². The summed E-state index contributed by atoms with van der Waals surface area (Å²) in [5.41, 5.74) is 0. The maximum atomic E-state index is 12.0. The Bertz CT molecular complexity index is 217. The van der Waals surface area contributed by atoms with Crippen molar-refractivity contribution >= 4 is 6.09 Å². The maximum Gasteiger partial charge on any atom is 0.409 e. The first kappa shape index (κ1) is 20.3. The minimum atomic E-state index is -0.108. The highest BCUT2D eigenvalue weighted by atomic mass is 16.6. The van der Waals surface area contributed by atoms with Crippen LogP contribution in [0.3, 0.4) is 0 Å². The zero-order valence-electron chi connectivity index (χ0n) is 14.7. The monoisotopic (exact) mass is 299 g/mol. The lowest BCUT2D eigenvalue weighted by atomic mass is 10.1. The van der Waals surface area contributed by atoms with Crippen LogP contribution in [-0.2, 0) is 4.74 Å². The van der Waals surface area contributed by atoms with Crippen molar-refractivity contribution in [2.24, 2.45) is 0 Å². The van der Waals surface area contributed by atoms with Gasteiger partial charge < -0.3 is 9.64 Å². The average molecular weight is 299 g/mol. The quantitative estimate of drug-likeness (QED) is 0.381. The average Bonchev–Trinajstić information content (AvgIpc) is 2.50. The standard InChI is InChI=1S/C18H37NO2/c1-4-7-9-11-13-15-19(18(20)21-17-6-3)16-14-12-10-8-5-2/h4-17H2,1-3H3. The molecule has 3 nitrogen and oxygen atoms in total. The molecule has 0 atom stereocenters. The van der Waals surface area contributed by atoms with E-state index < -0.39 is 0 Å². The van der Waals surface area contributed by atoms with Crippen LogP contribution in [0.5, 0.6) is 0 Å². The van der Waals surface area contributed by atoms with Gasteiger partial charge in [-0.3, -0.25) is 0 Å². The van der Waals surface area contributed by atoms with E-state index in [4.69, 9.17) is 4.74 Å². The number of amides is 1. The van der Waals surface area contributed by atoms with E-state index in [1.54, 1.807) is 0 Å². The molecule has 0 aliphatic carbocycles. The molecule has 0 aromatic carbocycles. The number of unbranched alkanes of at least 4 members (excludes halogenated alkanes) is 8. The van der Waals surface area contributed by atoms with Gasteiger partial charge in [0.05, 0.1) is 6.61 Å². The van der Waals surface area contributed by atoms with Crippen LogP contribution < -0.4 is 0 Å². The SMILES string of the molecule is CCCCCCCN(CCCCCCC)C(=O)OCCC. The van der Waals surface area contributed by atoms with Crippen LogP contribution in [0.4, 0.5) is 4.79 Å². The third-order valence-electron chi connectivity index (χ3n) is 3.75. The van der Waals surface area contributed by atoms with E-state index in [1.807, 2.05) is 11.8 Å². The zero-order chi connectivity index (χ0) is 15.8. The van der Waals surface area contributed by atoms with Crippen molar-refractivity contribution in [3.05, 3.63) is 0 Å². The molecule has 0 saturated carbocycles. The van der Waals surface area contributed by atoms with Gasteiger partial charge in [-0.1, -0.05) is 72.1 Å². The number of carbonyl (C=O) groups is 1.